The molecule has 0 saturated carbocycles. The number of hydrogen-bond acceptors (Lipinski definition) is 3. The number of carbonyl (C=O) groups is 1. The lowest BCUT2D eigenvalue weighted by molar-refractivity contribution is 0.0524. The zero-order chi connectivity index (χ0) is 20.7. The smallest absolute Gasteiger partial charge is 0.343 e. The fraction of sp³-hybridized carbons (Fsp3) is 0.111. The molecule has 28 heavy (non-hydrogen) atoms. The van der Waals surface area contributed by atoms with Crippen molar-refractivity contribution in [2.45, 2.75) is 6.92 Å². The molecule has 1 heterocycles. The first-order valence-electron chi connectivity index (χ1n) is 7.72. The molecule has 0 aliphatic rings. The van der Waals surface area contributed by atoms with Crippen LogP contribution in [0.25, 0.3) is 16.6 Å². The Morgan fingerprint density at radius 3 is 2.25 bits per heavy atom. The normalized spacial score (nSPS) is 11.1. The Morgan fingerprint density at radius 1 is 1.07 bits per heavy atom. The summed E-state index contributed by atoms with van der Waals surface area (Å²) in [6, 6.07) is 1.11. The highest BCUT2D eigenvalue weighted by atomic mass is 35.5. The molecule has 0 radical (unpaired) electrons. The van der Waals surface area contributed by atoms with Crippen LogP contribution in [0, 0.1) is 29.1 Å². The molecular formula is C18H9ClF5NO3. The fourth-order valence-electron chi connectivity index (χ4n) is 2.69. The number of benzene rings is 2. The topological polar surface area (TPSA) is 48.3 Å². The number of rotatable bonds is 3. The van der Waals surface area contributed by atoms with Gasteiger partial charge in [-0.15, -0.1) is 0 Å². The van der Waals surface area contributed by atoms with Crippen LogP contribution in [0.15, 0.2) is 29.2 Å². The molecule has 0 N–H and O–H groups in total. The van der Waals surface area contributed by atoms with Crippen LogP contribution in [-0.2, 0) is 4.74 Å². The Morgan fingerprint density at radius 2 is 1.68 bits per heavy atom. The molecule has 10 heteroatoms. The van der Waals surface area contributed by atoms with E-state index in [4.69, 9.17) is 16.3 Å². The summed E-state index contributed by atoms with van der Waals surface area (Å²) < 4.78 is 74.9. The van der Waals surface area contributed by atoms with Gasteiger partial charge in [0.15, 0.2) is 23.3 Å². The van der Waals surface area contributed by atoms with Crippen LogP contribution in [0.5, 0.6) is 0 Å². The lowest BCUT2D eigenvalue weighted by Gasteiger charge is -2.16. The third-order valence-corrected chi connectivity index (χ3v) is 4.19. The Kier molecular flexibility index (Phi) is 5.12. The standard InChI is InChI=1S/C18H9ClF5NO3/c1-2-28-18(27)9-6-25(16-11(22)3-7(20)4-12(16)23)15-8(17(9)26)5-10(21)14(24)13(15)19/h3-6H,2H2,1H3. The number of carbonyl (C=O) groups excluding carboxylic acids is 1. The zero-order valence-electron chi connectivity index (χ0n) is 14.0. The lowest BCUT2D eigenvalue weighted by atomic mass is 10.1. The predicted molar refractivity (Wildman–Crippen MR) is 90.3 cm³/mol. The first-order chi connectivity index (χ1) is 13.2. The Labute approximate surface area is 158 Å². The summed E-state index contributed by atoms with van der Waals surface area (Å²) in [6.45, 7) is 1.32. The molecule has 0 bridgehead atoms. The molecule has 0 amide bonds. The maximum Gasteiger partial charge on any atom is 0.343 e. The quantitative estimate of drug-likeness (QED) is 0.358. The SMILES string of the molecule is CCOC(=O)c1cn(-c2c(F)cc(F)cc2F)c2c(Cl)c(F)c(F)cc2c1=O. The number of pyridine rings is 1. The maximum atomic E-state index is 14.3. The van der Waals surface area contributed by atoms with E-state index in [1.165, 1.54) is 6.92 Å². The molecule has 0 unspecified atom stereocenters. The molecule has 0 atom stereocenters. The maximum absolute atomic E-state index is 14.3. The Bertz CT molecular complexity index is 1170. The minimum Gasteiger partial charge on any atom is -0.462 e. The van der Waals surface area contributed by atoms with Gasteiger partial charge in [0.2, 0.25) is 5.43 Å². The number of halogens is 6. The average molecular weight is 418 g/mol. The molecule has 2 aromatic carbocycles. The van der Waals surface area contributed by atoms with Crippen LogP contribution in [0.1, 0.15) is 17.3 Å². The molecule has 0 aliphatic heterocycles. The summed E-state index contributed by atoms with van der Waals surface area (Å²) >= 11 is 5.78. The van der Waals surface area contributed by atoms with Gasteiger partial charge in [-0.25, -0.2) is 26.7 Å². The molecule has 4 nitrogen and oxygen atoms in total. The predicted octanol–water partition coefficient (Wildman–Crippen LogP) is 4.52. The molecule has 3 rings (SSSR count). The number of fused-ring (bicyclic) bond motifs is 1. The monoisotopic (exact) mass is 417 g/mol. The number of aromatic nitrogens is 1. The number of esters is 1. The van der Waals surface area contributed by atoms with Gasteiger partial charge in [0.1, 0.15) is 22.1 Å². The van der Waals surface area contributed by atoms with E-state index in [2.05, 4.69) is 0 Å². The van der Waals surface area contributed by atoms with Gasteiger partial charge in [0.25, 0.3) is 0 Å². The summed E-state index contributed by atoms with van der Waals surface area (Å²) in [7, 11) is 0. The van der Waals surface area contributed by atoms with Crippen molar-refractivity contribution in [2.75, 3.05) is 6.61 Å². The Balaban J connectivity index is 2.55. The van der Waals surface area contributed by atoms with Crippen molar-refractivity contribution in [3.05, 3.63) is 74.3 Å². The van der Waals surface area contributed by atoms with Crippen LogP contribution >= 0.6 is 11.6 Å². The number of nitrogens with zero attached hydrogens (tertiary/aromatic N) is 1. The van der Waals surface area contributed by atoms with E-state index in [1.807, 2.05) is 0 Å². The average Bonchev–Trinajstić information content (AvgIpc) is 2.61. The highest BCUT2D eigenvalue weighted by molar-refractivity contribution is 6.35. The first-order valence-corrected chi connectivity index (χ1v) is 8.10. The van der Waals surface area contributed by atoms with E-state index in [1.54, 1.807) is 0 Å². The fourth-order valence-corrected chi connectivity index (χ4v) is 2.97. The third-order valence-electron chi connectivity index (χ3n) is 3.84. The minimum absolute atomic E-state index is 0.131. The van der Waals surface area contributed by atoms with Crippen molar-refractivity contribution in [3.8, 4) is 5.69 Å². The van der Waals surface area contributed by atoms with Gasteiger partial charge in [0.05, 0.1) is 17.5 Å². The second-order valence-electron chi connectivity index (χ2n) is 5.56. The highest BCUT2D eigenvalue weighted by Gasteiger charge is 2.25. The summed E-state index contributed by atoms with van der Waals surface area (Å²) in [5.74, 6) is -8.35. The molecule has 0 aliphatic carbocycles. The van der Waals surface area contributed by atoms with Crippen LogP contribution in [-0.4, -0.2) is 17.1 Å². The van der Waals surface area contributed by atoms with Gasteiger partial charge in [-0.05, 0) is 13.0 Å². The van der Waals surface area contributed by atoms with Crippen LogP contribution in [0.3, 0.4) is 0 Å². The van der Waals surface area contributed by atoms with Crippen LogP contribution < -0.4 is 5.43 Å². The summed E-state index contributed by atoms with van der Waals surface area (Å²) in [5.41, 5.74) is -3.36. The molecule has 146 valence electrons. The summed E-state index contributed by atoms with van der Waals surface area (Å²) in [6.07, 6.45) is 0.672. The van der Waals surface area contributed by atoms with E-state index < -0.39 is 67.7 Å². The van der Waals surface area contributed by atoms with Gasteiger partial charge in [-0.3, -0.25) is 4.79 Å². The van der Waals surface area contributed by atoms with E-state index in [-0.39, 0.29) is 6.61 Å². The molecular weight excluding hydrogens is 409 g/mol. The second-order valence-corrected chi connectivity index (χ2v) is 5.94. The number of hydrogen-bond donors (Lipinski definition) is 0. The Hall–Kier alpha value is -2.94. The third kappa shape index (κ3) is 3.11. The van der Waals surface area contributed by atoms with Crippen molar-refractivity contribution >= 4 is 28.5 Å². The van der Waals surface area contributed by atoms with E-state index in [9.17, 15) is 31.5 Å². The first kappa shape index (κ1) is 19.8. The van der Waals surface area contributed by atoms with Gasteiger partial charge < -0.3 is 9.30 Å². The van der Waals surface area contributed by atoms with E-state index in [0.29, 0.717) is 29.0 Å². The zero-order valence-corrected chi connectivity index (χ0v) is 14.7. The van der Waals surface area contributed by atoms with Gasteiger partial charge in [-0.2, -0.15) is 0 Å². The van der Waals surface area contributed by atoms with Gasteiger partial charge in [0, 0.05) is 18.3 Å². The van der Waals surface area contributed by atoms with Gasteiger partial charge >= 0.3 is 5.97 Å². The molecule has 1 aromatic heterocycles. The molecule has 0 spiro atoms. The second kappa shape index (κ2) is 7.23. The summed E-state index contributed by atoms with van der Waals surface area (Å²) in [5, 5.41) is -1.58. The largest absolute Gasteiger partial charge is 0.462 e. The van der Waals surface area contributed by atoms with Crippen molar-refractivity contribution in [2.24, 2.45) is 0 Å². The van der Waals surface area contributed by atoms with Crippen LogP contribution in [0.2, 0.25) is 5.02 Å². The number of ether oxygens (including phenoxy) is 1. The lowest BCUT2D eigenvalue weighted by Crippen LogP contribution is -2.22. The summed E-state index contributed by atoms with van der Waals surface area (Å²) in [4.78, 5) is 24.6. The van der Waals surface area contributed by atoms with E-state index >= 15 is 0 Å². The molecule has 0 saturated heterocycles. The minimum atomic E-state index is -1.57. The van der Waals surface area contributed by atoms with Crippen LogP contribution in [0.4, 0.5) is 22.0 Å². The van der Waals surface area contributed by atoms with Crippen molar-refractivity contribution in [3.63, 3.8) is 0 Å². The molecule has 3 aromatic rings. The van der Waals surface area contributed by atoms with Crippen molar-refractivity contribution in [1.82, 2.24) is 4.57 Å². The molecule has 0 fully saturated rings. The highest BCUT2D eigenvalue weighted by Crippen LogP contribution is 2.31. The van der Waals surface area contributed by atoms with E-state index in [0.717, 1.165) is 0 Å². The van der Waals surface area contributed by atoms with Crippen molar-refractivity contribution < 1.29 is 31.5 Å². The van der Waals surface area contributed by atoms with Gasteiger partial charge in [-0.1, -0.05) is 11.6 Å². The van der Waals surface area contributed by atoms with Crippen molar-refractivity contribution in [1.29, 1.82) is 0 Å².